The summed E-state index contributed by atoms with van der Waals surface area (Å²) in [5, 5.41) is 10.1. The number of aliphatic hydroxyl groups is 1. The fraction of sp³-hybridized carbons (Fsp3) is 0.947. The van der Waals surface area contributed by atoms with Gasteiger partial charge in [0.1, 0.15) is 6.10 Å². The summed E-state index contributed by atoms with van der Waals surface area (Å²) in [7, 11) is 0. The highest BCUT2D eigenvalue weighted by Crippen LogP contribution is 2.15. The van der Waals surface area contributed by atoms with Crippen LogP contribution >= 0.6 is 0 Å². The van der Waals surface area contributed by atoms with E-state index in [9.17, 15) is 5.11 Å². The van der Waals surface area contributed by atoms with Crippen molar-refractivity contribution < 1.29 is 5.11 Å². The lowest BCUT2D eigenvalue weighted by molar-refractivity contribution is 0.217. The fourth-order valence-corrected chi connectivity index (χ4v) is 5.73. The molecule has 0 aliphatic rings. The van der Waals surface area contributed by atoms with Crippen LogP contribution in [0.25, 0.3) is 0 Å². The van der Waals surface area contributed by atoms with Crippen LogP contribution in [0.5, 0.6) is 0 Å². The molecular formula is C38H74O. The van der Waals surface area contributed by atoms with Crippen LogP contribution in [0.15, 0.2) is 0 Å². The Morgan fingerprint density at radius 2 is 0.615 bits per heavy atom. The average molecular weight is 547 g/mol. The van der Waals surface area contributed by atoms with Gasteiger partial charge in [0.15, 0.2) is 0 Å². The predicted molar refractivity (Wildman–Crippen MR) is 177 cm³/mol. The summed E-state index contributed by atoms with van der Waals surface area (Å²) in [6.07, 6.45) is 44.8. The van der Waals surface area contributed by atoms with Crippen molar-refractivity contribution in [2.75, 3.05) is 0 Å². The Bertz CT molecular complexity index is 487. The highest BCUT2D eigenvalue weighted by molar-refractivity contribution is 5.04. The van der Waals surface area contributed by atoms with E-state index >= 15 is 0 Å². The van der Waals surface area contributed by atoms with Crippen LogP contribution in [0.3, 0.4) is 0 Å². The molecule has 0 aromatic rings. The van der Waals surface area contributed by atoms with E-state index in [0.29, 0.717) is 0 Å². The normalized spacial score (nSPS) is 12.0. The maximum atomic E-state index is 10.1. The molecule has 1 heteroatoms. The SMILES string of the molecule is CCCCCCCCCCCCCCCCC#C[C@H](O)CCCCCCCCCCCCCCCCCCC. The minimum Gasteiger partial charge on any atom is -0.380 e. The van der Waals surface area contributed by atoms with Gasteiger partial charge in [-0.3, -0.25) is 0 Å². The van der Waals surface area contributed by atoms with Crippen molar-refractivity contribution in [3.8, 4) is 11.8 Å². The van der Waals surface area contributed by atoms with Crippen molar-refractivity contribution in [3.05, 3.63) is 0 Å². The maximum Gasteiger partial charge on any atom is 0.114 e. The third-order valence-electron chi connectivity index (χ3n) is 8.51. The van der Waals surface area contributed by atoms with Gasteiger partial charge in [0, 0.05) is 6.42 Å². The van der Waals surface area contributed by atoms with Crippen LogP contribution < -0.4 is 0 Å². The van der Waals surface area contributed by atoms with Crippen molar-refractivity contribution >= 4 is 0 Å². The Morgan fingerprint density at radius 3 is 0.923 bits per heavy atom. The van der Waals surface area contributed by atoms with Gasteiger partial charge in [0.05, 0.1) is 0 Å². The number of unbranched alkanes of at least 4 members (excludes halogenated alkanes) is 30. The Balaban J connectivity index is 3.22. The smallest absolute Gasteiger partial charge is 0.114 e. The molecule has 0 heterocycles. The van der Waals surface area contributed by atoms with E-state index in [4.69, 9.17) is 0 Å². The molecule has 1 N–H and O–H groups in total. The van der Waals surface area contributed by atoms with E-state index in [1.54, 1.807) is 0 Å². The number of hydrogen-bond acceptors (Lipinski definition) is 1. The van der Waals surface area contributed by atoms with Gasteiger partial charge >= 0.3 is 0 Å². The molecule has 0 bridgehead atoms. The molecule has 232 valence electrons. The number of aliphatic hydroxyl groups excluding tert-OH is 1. The van der Waals surface area contributed by atoms with Gasteiger partial charge in [0.25, 0.3) is 0 Å². The van der Waals surface area contributed by atoms with Crippen LogP contribution in [-0.4, -0.2) is 11.2 Å². The minimum absolute atomic E-state index is 0.395. The molecule has 0 aromatic carbocycles. The minimum atomic E-state index is -0.395. The molecule has 0 spiro atoms. The van der Waals surface area contributed by atoms with Crippen LogP contribution in [0.4, 0.5) is 0 Å². The molecule has 0 unspecified atom stereocenters. The lowest BCUT2D eigenvalue weighted by Gasteiger charge is -2.05. The third-order valence-corrected chi connectivity index (χ3v) is 8.51. The zero-order valence-electron chi connectivity index (χ0n) is 27.4. The summed E-state index contributed by atoms with van der Waals surface area (Å²) < 4.78 is 0. The molecule has 0 saturated carbocycles. The van der Waals surface area contributed by atoms with Crippen LogP contribution in [0.2, 0.25) is 0 Å². The standard InChI is InChI=1S/C38H74O/c1-3-5-7-9-11-13-15-17-19-21-23-25-27-29-31-33-35-37-38(39)36-34-32-30-28-26-24-22-20-18-16-14-12-10-8-6-4-2/h38-39H,3-33,35,37H2,1-2H3/t38-/m0/s1. The van der Waals surface area contributed by atoms with E-state index in [-0.39, 0.29) is 0 Å². The van der Waals surface area contributed by atoms with Crippen LogP contribution in [0.1, 0.15) is 226 Å². The van der Waals surface area contributed by atoms with E-state index < -0.39 is 6.10 Å². The molecule has 0 amide bonds. The largest absolute Gasteiger partial charge is 0.380 e. The van der Waals surface area contributed by atoms with Crippen molar-refractivity contribution in [2.24, 2.45) is 0 Å². The molecule has 0 fully saturated rings. The first-order chi connectivity index (χ1) is 19.3. The monoisotopic (exact) mass is 547 g/mol. The van der Waals surface area contributed by atoms with Gasteiger partial charge in [0.2, 0.25) is 0 Å². The third kappa shape index (κ3) is 35.5. The molecule has 0 rings (SSSR count). The summed E-state index contributed by atoms with van der Waals surface area (Å²) in [5.41, 5.74) is 0. The van der Waals surface area contributed by atoms with E-state index in [1.807, 2.05) is 0 Å². The average Bonchev–Trinajstić information content (AvgIpc) is 2.94. The van der Waals surface area contributed by atoms with Crippen LogP contribution in [0, 0.1) is 11.8 Å². The first-order valence-electron chi connectivity index (χ1n) is 18.5. The van der Waals surface area contributed by atoms with E-state index in [2.05, 4.69) is 25.7 Å². The van der Waals surface area contributed by atoms with Crippen LogP contribution in [-0.2, 0) is 0 Å². The second-order valence-corrected chi connectivity index (χ2v) is 12.6. The number of rotatable bonds is 32. The van der Waals surface area contributed by atoms with Gasteiger partial charge in [-0.2, -0.15) is 0 Å². The Labute approximate surface area is 248 Å². The fourth-order valence-electron chi connectivity index (χ4n) is 5.73. The maximum absolute atomic E-state index is 10.1. The van der Waals surface area contributed by atoms with Gasteiger partial charge in [-0.25, -0.2) is 0 Å². The summed E-state index contributed by atoms with van der Waals surface area (Å²) in [6.45, 7) is 4.59. The highest BCUT2D eigenvalue weighted by Gasteiger charge is 2.00. The van der Waals surface area contributed by atoms with Gasteiger partial charge in [-0.15, -0.1) is 5.92 Å². The van der Waals surface area contributed by atoms with Crippen molar-refractivity contribution in [1.29, 1.82) is 0 Å². The summed E-state index contributed by atoms with van der Waals surface area (Å²) >= 11 is 0. The molecule has 0 aromatic heterocycles. The molecule has 0 radical (unpaired) electrons. The Hall–Kier alpha value is -0.480. The molecule has 0 saturated heterocycles. The predicted octanol–water partition coefficient (Wildman–Crippen LogP) is 13.3. The lowest BCUT2D eigenvalue weighted by Crippen LogP contribution is -2.02. The topological polar surface area (TPSA) is 20.2 Å². The summed E-state index contributed by atoms with van der Waals surface area (Å²) in [5.74, 6) is 6.32. The number of hydrogen-bond donors (Lipinski definition) is 1. The van der Waals surface area contributed by atoms with Gasteiger partial charge < -0.3 is 5.11 Å². The molecular weight excluding hydrogens is 472 g/mol. The Kier molecular flexibility index (Phi) is 35.1. The second kappa shape index (κ2) is 35.5. The van der Waals surface area contributed by atoms with E-state index in [0.717, 1.165) is 19.3 Å². The lowest BCUT2D eigenvalue weighted by atomic mass is 10.0. The van der Waals surface area contributed by atoms with Gasteiger partial charge in [-0.1, -0.05) is 206 Å². The summed E-state index contributed by atoms with van der Waals surface area (Å²) in [6, 6.07) is 0. The second-order valence-electron chi connectivity index (χ2n) is 12.6. The molecule has 0 aliphatic carbocycles. The van der Waals surface area contributed by atoms with E-state index in [1.165, 1.54) is 193 Å². The highest BCUT2D eigenvalue weighted by atomic mass is 16.3. The Morgan fingerprint density at radius 1 is 0.359 bits per heavy atom. The zero-order valence-corrected chi connectivity index (χ0v) is 27.4. The first kappa shape index (κ1) is 38.5. The summed E-state index contributed by atoms with van der Waals surface area (Å²) in [4.78, 5) is 0. The van der Waals surface area contributed by atoms with Crippen molar-refractivity contribution in [1.82, 2.24) is 0 Å². The molecule has 1 nitrogen and oxygen atoms in total. The van der Waals surface area contributed by atoms with Gasteiger partial charge in [-0.05, 0) is 19.3 Å². The van der Waals surface area contributed by atoms with Crippen molar-refractivity contribution in [3.63, 3.8) is 0 Å². The zero-order chi connectivity index (χ0) is 28.3. The molecule has 39 heavy (non-hydrogen) atoms. The quantitative estimate of drug-likeness (QED) is 0.0657. The molecule has 1 atom stereocenters. The van der Waals surface area contributed by atoms with Crippen molar-refractivity contribution in [2.45, 2.75) is 232 Å². The first-order valence-corrected chi connectivity index (χ1v) is 18.5. The molecule has 0 aliphatic heterocycles.